The third-order valence-electron chi connectivity index (χ3n) is 5.16. The molecular formula is C23H22FNO3. The third kappa shape index (κ3) is 3.74. The van der Waals surface area contributed by atoms with E-state index in [0.717, 1.165) is 18.1 Å². The highest BCUT2D eigenvalue weighted by Crippen LogP contribution is 2.39. The largest absolute Gasteiger partial charge is 0.478 e. The van der Waals surface area contributed by atoms with Gasteiger partial charge in [-0.25, -0.2) is 9.18 Å². The molecule has 0 heterocycles. The monoisotopic (exact) mass is 379 g/mol. The number of carboxylic acid groups (broad SMARTS) is 1. The molecule has 0 saturated carbocycles. The van der Waals surface area contributed by atoms with E-state index in [2.05, 4.69) is 32.0 Å². The van der Waals surface area contributed by atoms with E-state index in [4.69, 9.17) is 5.11 Å². The molecule has 0 aliphatic heterocycles. The predicted molar refractivity (Wildman–Crippen MR) is 108 cm³/mol. The first kappa shape index (κ1) is 19.5. The van der Waals surface area contributed by atoms with E-state index in [0.29, 0.717) is 5.71 Å². The van der Waals surface area contributed by atoms with Crippen molar-refractivity contribution in [3.8, 4) is 0 Å². The van der Waals surface area contributed by atoms with Crippen molar-refractivity contribution in [2.24, 2.45) is 5.16 Å². The summed E-state index contributed by atoms with van der Waals surface area (Å²) in [5.74, 6) is -1.84. The maximum Gasteiger partial charge on any atom is 0.335 e. The van der Waals surface area contributed by atoms with Gasteiger partial charge < -0.3 is 10.3 Å². The molecule has 0 amide bonds. The number of aromatic carboxylic acids is 1. The molecule has 2 aromatic carbocycles. The Bertz CT molecular complexity index is 1030. The molecule has 4 nitrogen and oxygen atoms in total. The highest BCUT2D eigenvalue weighted by Gasteiger charge is 2.27. The van der Waals surface area contributed by atoms with Crippen LogP contribution in [0.15, 0.2) is 53.7 Å². The average Bonchev–Trinajstić information content (AvgIpc) is 2.66. The van der Waals surface area contributed by atoms with Gasteiger partial charge in [0.1, 0.15) is 11.5 Å². The molecule has 0 radical (unpaired) electrons. The van der Waals surface area contributed by atoms with Crippen LogP contribution in [0.3, 0.4) is 0 Å². The predicted octanol–water partition coefficient (Wildman–Crippen LogP) is 5.50. The standard InChI is InChI=1S/C23H22FNO3/c1-14-10-11-23(2,3)19-12-16(6-8-18(14)19)21(25-28)9-7-15-4-5-17(22(26)27)13-20(15)24/h4-10,12-13,28H,11H2,1-3H3,(H,26,27)/b9-7+,25-21-. The first-order valence-electron chi connectivity index (χ1n) is 8.98. The number of hydrogen-bond donors (Lipinski definition) is 2. The van der Waals surface area contributed by atoms with Gasteiger partial charge in [0.2, 0.25) is 0 Å². The van der Waals surface area contributed by atoms with Gasteiger partial charge in [0.15, 0.2) is 0 Å². The van der Waals surface area contributed by atoms with E-state index in [1.807, 2.05) is 18.2 Å². The maximum absolute atomic E-state index is 14.1. The van der Waals surface area contributed by atoms with Crippen LogP contribution in [0.4, 0.5) is 4.39 Å². The van der Waals surface area contributed by atoms with Gasteiger partial charge in [0.25, 0.3) is 0 Å². The topological polar surface area (TPSA) is 69.9 Å². The Hall–Kier alpha value is -3.21. The van der Waals surface area contributed by atoms with Crippen molar-refractivity contribution in [3.63, 3.8) is 0 Å². The second-order valence-corrected chi connectivity index (χ2v) is 7.60. The minimum absolute atomic E-state index is 0.0338. The minimum Gasteiger partial charge on any atom is -0.478 e. The summed E-state index contributed by atoms with van der Waals surface area (Å²) in [5, 5.41) is 21.8. The quantitative estimate of drug-likeness (QED) is 0.419. The van der Waals surface area contributed by atoms with Gasteiger partial charge in [-0.2, -0.15) is 0 Å². The van der Waals surface area contributed by atoms with Crippen LogP contribution >= 0.6 is 0 Å². The lowest BCUT2D eigenvalue weighted by molar-refractivity contribution is 0.0696. The van der Waals surface area contributed by atoms with Gasteiger partial charge in [-0.1, -0.05) is 43.3 Å². The number of benzene rings is 2. The van der Waals surface area contributed by atoms with Gasteiger partial charge in [-0.15, -0.1) is 0 Å². The van der Waals surface area contributed by atoms with Crippen LogP contribution in [0.5, 0.6) is 0 Å². The van der Waals surface area contributed by atoms with Crippen LogP contribution in [0.25, 0.3) is 11.6 Å². The van der Waals surface area contributed by atoms with E-state index in [9.17, 15) is 14.4 Å². The second kappa shape index (κ2) is 7.43. The van der Waals surface area contributed by atoms with Crippen LogP contribution in [0, 0.1) is 5.82 Å². The lowest BCUT2D eigenvalue weighted by Gasteiger charge is -2.31. The van der Waals surface area contributed by atoms with E-state index >= 15 is 0 Å². The summed E-state index contributed by atoms with van der Waals surface area (Å²) in [6.07, 6.45) is 6.13. The Morgan fingerprint density at radius 2 is 1.89 bits per heavy atom. The van der Waals surface area contributed by atoms with Crippen LogP contribution in [0.2, 0.25) is 0 Å². The molecule has 2 aromatic rings. The van der Waals surface area contributed by atoms with Crippen molar-refractivity contribution in [3.05, 3.63) is 82.2 Å². The molecule has 3 rings (SSSR count). The molecule has 0 unspecified atom stereocenters. The molecular weight excluding hydrogens is 357 g/mol. The van der Waals surface area contributed by atoms with Crippen LogP contribution in [0.1, 0.15) is 59.8 Å². The Kier molecular flexibility index (Phi) is 5.18. The zero-order chi connectivity index (χ0) is 20.5. The average molecular weight is 379 g/mol. The number of halogens is 1. The maximum atomic E-state index is 14.1. The van der Waals surface area contributed by atoms with Crippen molar-refractivity contribution in [2.45, 2.75) is 32.6 Å². The van der Waals surface area contributed by atoms with Crippen LogP contribution in [-0.4, -0.2) is 22.0 Å². The minimum atomic E-state index is -1.19. The SMILES string of the molecule is CC1=CCC(C)(C)c2cc(C(/C=C/c3ccc(C(=O)O)cc3F)=N\O)ccc21. The highest BCUT2D eigenvalue weighted by atomic mass is 19.1. The zero-order valence-electron chi connectivity index (χ0n) is 16.0. The first-order chi connectivity index (χ1) is 13.2. The molecule has 0 atom stereocenters. The molecule has 0 aromatic heterocycles. The van der Waals surface area contributed by atoms with Crippen molar-refractivity contribution in [2.75, 3.05) is 0 Å². The van der Waals surface area contributed by atoms with Crippen molar-refractivity contribution in [1.29, 1.82) is 0 Å². The summed E-state index contributed by atoms with van der Waals surface area (Å²) < 4.78 is 14.1. The third-order valence-corrected chi connectivity index (χ3v) is 5.16. The lowest BCUT2D eigenvalue weighted by atomic mass is 9.73. The molecule has 0 spiro atoms. The molecule has 144 valence electrons. The Balaban J connectivity index is 1.94. The van der Waals surface area contributed by atoms with Crippen LogP contribution < -0.4 is 0 Å². The summed E-state index contributed by atoms with van der Waals surface area (Å²) in [5.41, 5.74) is 4.66. The Morgan fingerprint density at radius 3 is 2.54 bits per heavy atom. The Labute approximate surface area is 163 Å². The smallest absolute Gasteiger partial charge is 0.335 e. The van der Waals surface area contributed by atoms with Crippen molar-refractivity contribution >= 4 is 23.3 Å². The van der Waals surface area contributed by atoms with E-state index in [1.54, 1.807) is 0 Å². The van der Waals surface area contributed by atoms with Gasteiger partial charge in [0.05, 0.1) is 5.56 Å². The van der Waals surface area contributed by atoms with E-state index in [1.165, 1.54) is 41.0 Å². The summed E-state index contributed by atoms with van der Waals surface area (Å²) in [7, 11) is 0. The van der Waals surface area contributed by atoms with Crippen molar-refractivity contribution in [1.82, 2.24) is 0 Å². The van der Waals surface area contributed by atoms with Gasteiger partial charge in [0, 0.05) is 11.1 Å². The fraction of sp³-hybridized carbons (Fsp3) is 0.217. The van der Waals surface area contributed by atoms with Gasteiger partial charge >= 0.3 is 5.97 Å². The zero-order valence-corrected chi connectivity index (χ0v) is 16.0. The molecule has 28 heavy (non-hydrogen) atoms. The van der Waals surface area contributed by atoms with Crippen LogP contribution in [-0.2, 0) is 5.41 Å². The normalized spacial score (nSPS) is 16.0. The lowest BCUT2D eigenvalue weighted by Crippen LogP contribution is -2.21. The summed E-state index contributed by atoms with van der Waals surface area (Å²) in [6.45, 7) is 6.42. The molecule has 2 N–H and O–H groups in total. The molecule has 5 heteroatoms. The summed E-state index contributed by atoms with van der Waals surface area (Å²) in [6, 6.07) is 9.58. The van der Waals surface area contributed by atoms with Gasteiger partial charge in [-0.05, 0) is 65.8 Å². The first-order valence-corrected chi connectivity index (χ1v) is 8.98. The van der Waals surface area contributed by atoms with E-state index in [-0.39, 0.29) is 16.5 Å². The number of oxime groups is 1. The molecule has 0 bridgehead atoms. The second-order valence-electron chi connectivity index (χ2n) is 7.60. The molecule has 1 aliphatic carbocycles. The van der Waals surface area contributed by atoms with E-state index < -0.39 is 11.8 Å². The number of rotatable bonds is 4. The Morgan fingerprint density at radius 1 is 1.18 bits per heavy atom. The van der Waals surface area contributed by atoms with Crippen molar-refractivity contribution < 1.29 is 19.5 Å². The number of fused-ring (bicyclic) bond motifs is 1. The van der Waals surface area contributed by atoms with Gasteiger partial charge in [-0.3, -0.25) is 0 Å². The number of carboxylic acids is 1. The number of carbonyl (C=O) groups is 1. The highest BCUT2D eigenvalue weighted by molar-refractivity contribution is 6.10. The number of nitrogens with zero attached hydrogens (tertiary/aromatic N) is 1. The molecule has 1 aliphatic rings. The fourth-order valence-electron chi connectivity index (χ4n) is 3.39. The molecule has 0 saturated heterocycles. The summed E-state index contributed by atoms with van der Waals surface area (Å²) in [4.78, 5) is 10.9. The summed E-state index contributed by atoms with van der Waals surface area (Å²) >= 11 is 0. The number of allylic oxidation sites excluding steroid dienone is 3. The molecule has 0 fully saturated rings. The number of hydrogen-bond acceptors (Lipinski definition) is 3. The fourth-order valence-corrected chi connectivity index (χ4v) is 3.39.